The molecule has 161 valence electrons. The molecular formula is C24H52BN2. The van der Waals surface area contributed by atoms with E-state index < -0.39 is 0 Å². The Labute approximate surface area is 174 Å². The molecule has 0 fully saturated rings. The van der Waals surface area contributed by atoms with Crippen LogP contribution in [0, 0.1) is 0 Å². The first kappa shape index (κ1) is 27.0. The summed E-state index contributed by atoms with van der Waals surface area (Å²) in [4.78, 5) is 5.32. The second kappa shape index (κ2) is 22.3. The van der Waals surface area contributed by atoms with Crippen molar-refractivity contribution < 1.29 is 0 Å². The second-order valence-electron chi connectivity index (χ2n) is 8.43. The summed E-state index contributed by atoms with van der Waals surface area (Å²) in [7, 11) is 2.52. The maximum absolute atomic E-state index is 2.66. The molecule has 0 N–H and O–H groups in total. The zero-order chi connectivity index (χ0) is 20.0. The first-order valence-electron chi connectivity index (χ1n) is 12.6. The fourth-order valence-corrected chi connectivity index (χ4v) is 3.65. The first-order valence-corrected chi connectivity index (χ1v) is 12.6. The Morgan fingerprint density at radius 1 is 0.370 bits per heavy atom. The Morgan fingerprint density at radius 2 is 0.630 bits per heavy atom. The molecule has 0 spiro atoms. The third-order valence-electron chi connectivity index (χ3n) is 5.52. The fraction of sp³-hybridized carbons (Fsp3) is 1.00. The van der Waals surface area contributed by atoms with Crippen LogP contribution >= 0.6 is 0 Å². The Hall–Kier alpha value is -0.0151. The zero-order valence-electron chi connectivity index (χ0n) is 19.6. The van der Waals surface area contributed by atoms with Gasteiger partial charge in [-0.25, -0.2) is 0 Å². The van der Waals surface area contributed by atoms with Gasteiger partial charge in [0.2, 0.25) is 0 Å². The highest BCUT2D eigenvalue weighted by atomic mass is 15.2. The Bertz CT molecular complexity index is 223. The Balaban J connectivity index is 4.42. The average molecular weight is 380 g/mol. The molecule has 0 aliphatic heterocycles. The highest BCUT2D eigenvalue weighted by Crippen LogP contribution is 2.09. The molecule has 1 radical (unpaired) electrons. The van der Waals surface area contributed by atoms with E-state index in [2.05, 4.69) is 44.9 Å². The number of rotatable bonds is 22. The summed E-state index contributed by atoms with van der Waals surface area (Å²) in [6.07, 6.45) is 21.9. The van der Waals surface area contributed by atoms with Crippen molar-refractivity contribution in [1.82, 2.24) is 9.62 Å². The summed E-state index contributed by atoms with van der Waals surface area (Å²) < 4.78 is 0. The molecule has 0 aliphatic carbocycles. The van der Waals surface area contributed by atoms with Crippen molar-refractivity contribution in [3.63, 3.8) is 0 Å². The van der Waals surface area contributed by atoms with Crippen LogP contribution in [-0.2, 0) is 0 Å². The standard InChI is InChI=1S/C24H52BN2/c1-5-9-13-17-21-26(22-18-14-10-6-2)25-27(23-19-15-11-7-3)24-20-16-12-8-4/h5-24H2,1-4H3. The Kier molecular flexibility index (Phi) is 22.3. The minimum absolute atomic E-state index is 1.26. The number of nitrogens with zero attached hydrogens (tertiary/aromatic N) is 2. The van der Waals surface area contributed by atoms with E-state index in [0.29, 0.717) is 0 Å². The summed E-state index contributed by atoms with van der Waals surface area (Å²) in [5, 5.41) is 0. The minimum Gasteiger partial charge on any atom is -0.332 e. The third kappa shape index (κ3) is 19.1. The summed E-state index contributed by atoms with van der Waals surface area (Å²) in [5.74, 6) is 0. The van der Waals surface area contributed by atoms with E-state index in [0.717, 1.165) is 0 Å². The van der Waals surface area contributed by atoms with Crippen molar-refractivity contribution in [3.05, 3.63) is 0 Å². The maximum Gasteiger partial charge on any atom is 0.313 e. The van der Waals surface area contributed by atoms with Crippen LogP contribution in [0.3, 0.4) is 0 Å². The first-order chi connectivity index (χ1) is 13.3. The molecule has 0 atom stereocenters. The number of hydrogen-bond donors (Lipinski definition) is 0. The monoisotopic (exact) mass is 379 g/mol. The fourth-order valence-electron chi connectivity index (χ4n) is 3.65. The predicted octanol–water partition coefficient (Wildman–Crippen LogP) is 7.45. The van der Waals surface area contributed by atoms with Gasteiger partial charge in [0.05, 0.1) is 0 Å². The quantitative estimate of drug-likeness (QED) is 0.142. The van der Waals surface area contributed by atoms with Crippen molar-refractivity contribution in [2.75, 3.05) is 26.2 Å². The van der Waals surface area contributed by atoms with Gasteiger partial charge >= 0.3 is 7.55 Å². The molecule has 0 heterocycles. The third-order valence-corrected chi connectivity index (χ3v) is 5.52. The highest BCUT2D eigenvalue weighted by molar-refractivity contribution is 6.28. The van der Waals surface area contributed by atoms with Gasteiger partial charge in [-0.05, 0) is 51.9 Å². The second-order valence-corrected chi connectivity index (χ2v) is 8.43. The van der Waals surface area contributed by atoms with Crippen LogP contribution in [0.1, 0.15) is 130 Å². The molecule has 0 aromatic carbocycles. The van der Waals surface area contributed by atoms with Gasteiger partial charge in [0, 0.05) is 0 Å². The van der Waals surface area contributed by atoms with E-state index in [4.69, 9.17) is 0 Å². The summed E-state index contributed by atoms with van der Waals surface area (Å²) in [6, 6.07) is 0. The smallest absolute Gasteiger partial charge is 0.313 e. The number of hydrogen-bond acceptors (Lipinski definition) is 2. The van der Waals surface area contributed by atoms with Gasteiger partial charge in [-0.15, -0.1) is 0 Å². The molecule has 0 saturated carbocycles. The lowest BCUT2D eigenvalue weighted by atomic mass is 9.98. The van der Waals surface area contributed by atoms with Gasteiger partial charge < -0.3 is 9.62 Å². The molecule has 3 heteroatoms. The van der Waals surface area contributed by atoms with Crippen molar-refractivity contribution in [2.24, 2.45) is 0 Å². The minimum atomic E-state index is 1.26. The van der Waals surface area contributed by atoms with Crippen LogP contribution in [-0.4, -0.2) is 43.4 Å². The van der Waals surface area contributed by atoms with Crippen molar-refractivity contribution in [3.8, 4) is 0 Å². The lowest BCUT2D eigenvalue weighted by molar-refractivity contribution is 0.335. The molecule has 2 nitrogen and oxygen atoms in total. The molecule has 0 saturated heterocycles. The van der Waals surface area contributed by atoms with Gasteiger partial charge in [-0.1, -0.05) is 105 Å². The van der Waals surface area contributed by atoms with Crippen LogP contribution in [0.25, 0.3) is 0 Å². The van der Waals surface area contributed by atoms with E-state index in [9.17, 15) is 0 Å². The van der Waals surface area contributed by atoms with Crippen molar-refractivity contribution in [1.29, 1.82) is 0 Å². The van der Waals surface area contributed by atoms with Gasteiger partial charge in [-0.2, -0.15) is 0 Å². The summed E-state index contributed by atoms with van der Waals surface area (Å²) in [5.41, 5.74) is 0. The predicted molar refractivity (Wildman–Crippen MR) is 125 cm³/mol. The van der Waals surface area contributed by atoms with Crippen LogP contribution in [0.5, 0.6) is 0 Å². The van der Waals surface area contributed by atoms with Crippen LogP contribution in [0.4, 0.5) is 0 Å². The zero-order valence-corrected chi connectivity index (χ0v) is 19.6. The van der Waals surface area contributed by atoms with Crippen LogP contribution in [0.15, 0.2) is 0 Å². The Morgan fingerprint density at radius 3 is 0.852 bits per heavy atom. The highest BCUT2D eigenvalue weighted by Gasteiger charge is 2.14. The molecule has 0 amide bonds. The normalized spacial score (nSPS) is 11.6. The van der Waals surface area contributed by atoms with Crippen LogP contribution in [0.2, 0.25) is 0 Å². The van der Waals surface area contributed by atoms with Gasteiger partial charge in [0.15, 0.2) is 0 Å². The topological polar surface area (TPSA) is 6.48 Å². The molecule has 0 unspecified atom stereocenters. The molecule has 0 rings (SSSR count). The van der Waals surface area contributed by atoms with E-state index in [-0.39, 0.29) is 0 Å². The lowest BCUT2D eigenvalue weighted by Crippen LogP contribution is -2.43. The summed E-state index contributed by atoms with van der Waals surface area (Å²) in [6.45, 7) is 14.3. The molecule has 27 heavy (non-hydrogen) atoms. The van der Waals surface area contributed by atoms with E-state index in [1.54, 1.807) is 0 Å². The van der Waals surface area contributed by atoms with E-state index >= 15 is 0 Å². The molecular weight excluding hydrogens is 327 g/mol. The average Bonchev–Trinajstić information content (AvgIpc) is 2.68. The maximum atomic E-state index is 2.66. The summed E-state index contributed by atoms with van der Waals surface area (Å²) >= 11 is 0. The van der Waals surface area contributed by atoms with Gasteiger partial charge in [0.25, 0.3) is 0 Å². The molecule has 0 aromatic heterocycles. The van der Waals surface area contributed by atoms with Gasteiger partial charge in [-0.3, -0.25) is 0 Å². The van der Waals surface area contributed by atoms with E-state index in [1.165, 1.54) is 129 Å². The van der Waals surface area contributed by atoms with Crippen molar-refractivity contribution in [2.45, 2.75) is 130 Å². The lowest BCUT2D eigenvalue weighted by Gasteiger charge is -2.29. The molecule has 0 bridgehead atoms. The number of unbranched alkanes of at least 4 members (excludes halogenated alkanes) is 12. The SMILES string of the molecule is CCCCCCN([B]N(CCCCCC)CCCCCC)CCCCCC. The van der Waals surface area contributed by atoms with Gasteiger partial charge in [0.1, 0.15) is 0 Å². The largest absolute Gasteiger partial charge is 0.332 e. The van der Waals surface area contributed by atoms with Crippen LogP contribution < -0.4 is 0 Å². The van der Waals surface area contributed by atoms with E-state index in [1.807, 2.05) is 0 Å². The molecule has 0 aromatic rings. The van der Waals surface area contributed by atoms with Crippen molar-refractivity contribution >= 4 is 7.55 Å². The molecule has 0 aliphatic rings.